The third-order valence-electron chi connectivity index (χ3n) is 2.66. The molecule has 0 rings (SSSR count). The first kappa shape index (κ1) is 19.1. The Bertz CT molecular complexity index is 274. The van der Waals surface area contributed by atoms with Gasteiger partial charge in [0.2, 0.25) is 0 Å². The maximum absolute atomic E-state index is 11.9. The lowest BCUT2D eigenvalue weighted by atomic mass is 10.2. The number of thioether (sulfide) groups is 1. The number of ether oxygens (including phenoxy) is 2. The molecule has 0 heterocycles. The van der Waals surface area contributed by atoms with Crippen molar-refractivity contribution < 1.29 is 19.1 Å². The van der Waals surface area contributed by atoms with Crippen LogP contribution in [-0.4, -0.2) is 43.3 Å². The summed E-state index contributed by atoms with van der Waals surface area (Å²) >= 11 is 1.62. The normalized spacial score (nSPS) is 11.8. The van der Waals surface area contributed by atoms with Gasteiger partial charge in [-0.3, -0.25) is 0 Å². The lowest BCUT2D eigenvalue weighted by Gasteiger charge is -2.17. The molecule has 0 fully saturated rings. The quantitative estimate of drug-likeness (QED) is 0.469. The van der Waals surface area contributed by atoms with Gasteiger partial charge in [-0.15, -0.1) is 0 Å². The van der Waals surface area contributed by atoms with E-state index in [9.17, 15) is 9.59 Å². The van der Waals surface area contributed by atoms with Crippen LogP contribution in [-0.2, 0) is 14.3 Å². The van der Waals surface area contributed by atoms with Gasteiger partial charge in [-0.2, -0.15) is 11.8 Å². The highest BCUT2D eigenvalue weighted by Crippen LogP contribution is 2.04. The van der Waals surface area contributed by atoms with Gasteiger partial charge in [-0.1, -0.05) is 26.7 Å². The van der Waals surface area contributed by atoms with Gasteiger partial charge in [0.05, 0.1) is 13.2 Å². The van der Waals surface area contributed by atoms with Crippen molar-refractivity contribution in [1.29, 1.82) is 0 Å². The maximum Gasteiger partial charge on any atom is 0.407 e. The van der Waals surface area contributed by atoms with Crippen molar-refractivity contribution in [1.82, 2.24) is 5.32 Å². The van der Waals surface area contributed by atoms with Crippen LogP contribution >= 0.6 is 11.8 Å². The topological polar surface area (TPSA) is 64.6 Å². The van der Waals surface area contributed by atoms with Gasteiger partial charge in [0.15, 0.2) is 0 Å². The predicted octanol–water partition coefficient (Wildman–Crippen LogP) is 2.98. The first-order valence-electron chi connectivity index (χ1n) is 7.24. The van der Waals surface area contributed by atoms with Crippen molar-refractivity contribution in [2.75, 3.05) is 25.2 Å². The number of hydrogen-bond donors (Lipinski definition) is 1. The molecular weight excluding hydrogens is 278 g/mol. The van der Waals surface area contributed by atoms with Crippen LogP contribution in [0.4, 0.5) is 4.79 Å². The number of nitrogens with one attached hydrogen (secondary N) is 1. The largest absolute Gasteiger partial charge is 0.464 e. The zero-order valence-corrected chi connectivity index (χ0v) is 13.6. The zero-order chi connectivity index (χ0) is 15.2. The molecule has 1 atom stereocenters. The Labute approximate surface area is 126 Å². The average Bonchev–Trinajstić information content (AvgIpc) is 2.43. The van der Waals surface area contributed by atoms with Crippen molar-refractivity contribution in [3.8, 4) is 0 Å². The Kier molecular flexibility index (Phi) is 12.5. The molecule has 0 radical (unpaired) electrons. The van der Waals surface area contributed by atoms with Gasteiger partial charge in [0, 0.05) is 0 Å². The van der Waals surface area contributed by atoms with Crippen LogP contribution in [0.15, 0.2) is 0 Å². The minimum absolute atomic E-state index is 0.375. The highest BCUT2D eigenvalue weighted by Gasteiger charge is 2.22. The number of esters is 1. The molecule has 1 N–H and O–H groups in total. The van der Waals surface area contributed by atoms with Crippen LogP contribution in [0, 0.1) is 0 Å². The monoisotopic (exact) mass is 305 g/mol. The number of amides is 1. The lowest BCUT2D eigenvalue weighted by Crippen LogP contribution is -2.42. The summed E-state index contributed by atoms with van der Waals surface area (Å²) in [6.07, 6.45) is 5.55. The minimum atomic E-state index is -0.617. The van der Waals surface area contributed by atoms with E-state index in [1.165, 1.54) is 0 Å². The van der Waals surface area contributed by atoms with Gasteiger partial charge in [0.25, 0.3) is 0 Å². The summed E-state index contributed by atoms with van der Waals surface area (Å²) in [6.45, 7) is 4.83. The number of rotatable bonds is 11. The van der Waals surface area contributed by atoms with Gasteiger partial charge in [0.1, 0.15) is 6.04 Å². The molecule has 0 saturated heterocycles. The molecule has 0 bridgehead atoms. The summed E-state index contributed by atoms with van der Waals surface area (Å²) in [6, 6.07) is -0.617. The molecule has 0 aromatic carbocycles. The van der Waals surface area contributed by atoms with Crippen molar-refractivity contribution in [2.24, 2.45) is 0 Å². The summed E-state index contributed by atoms with van der Waals surface area (Å²) < 4.78 is 10.2. The highest BCUT2D eigenvalue weighted by atomic mass is 32.2. The molecule has 1 amide bonds. The first-order chi connectivity index (χ1) is 9.65. The Morgan fingerprint density at radius 2 is 1.70 bits per heavy atom. The predicted molar refractivity (Wildman–Crippen MR) is 82.0 cm³/mol. The van der Waals surface area contributed by atoms with Crippen LogP contribution in [0.5, 0.6) is 0 Å². The average molecular weight is 305 g/mol. The molecule has 20 heavy (non-hydrogen) atoms. The van der Waals surface area contributed by atoms with Gasteiger partial charge in [-0.05, 0) is 31.3 Å². The van der Waals surface area contributed by atoms with E-state index in [2.05, 4.69) is 5.32 Å². The second kappa shape index (κ2) is 13.1. The molecule has 0 spiro atoms. The minimum Gasteiger partial charge on any atom is -0.464 e. The molecule has 6 heteroatoms. The smallest absolute Gasteiger partial charge is 0.407 e. The third kappa shape index (κ3) is 9.95. The zero-order valence-electron chi connectivity index (χ0n) is 12.8. The van der Waals surface area contributed by atoms with E-state index in [4.69, 9.17) is 9.47 Å². The van der Waals surface area contributed by atoms with E-state index in [0.717, 1.165) is 31.4 Å². The Balaban J connectivity index is 4.17. The fourth-order valence-electron chi connectivity index (χ4n) is 1.40. The molecule has 0 saturated carbocycles. The van der Waals surface area contributed by atoms with Crippen LogP contribution in [0.3, 0.4) is 0 Å². The summed E-state index contributed by atoms with van der Waals surface area (Å²) in [5.41, 5.74) is 0. The third-order valence-corrected chi connectivity index (χ3v) is 3.30. The first-order valence-corrected chi connectivity index (χ1v) is 8.63. The highest BCUT2D eigenvalue weighted by molar-refractivity contribution is 7.98. The number of unbranched alkanes of at least 4 members (excludes halogenated alkanes) is 2. The van der Waals surface area contributed by atoms with Gasteiger partial charge < -0.3 is 14.8 Å². The van der Waals surface area contributed by atoms with E-state index in [0.29, 0.717) is 19.6 Å². The molecule has 118 valence electrons. The van der Waals surface area contributed by atoms with Crippen molar-refractivity contribution in [2.45, 2.75) is 52.0 Å². The van der Waals surface area contributed by atoms with Crippen LogP contribution in [0.2, 0.25) is 0 Å². The second-order valence-corrected chi connectivity index (χ2v) is 5.47. The van der Waals surface area contributed by atoms with E-state index in [1.54, 1.807) is 11.8 Å². The number of carbonyl (C=O) groups is 2. The van der Waals surface area contributed by atoms with Gasteiger partial charge >= 0.3 is 12.1 Å². The summed E-state index contributed by atoms with van der Waals surface area (Å²) in [5, 5.41) is 2.59. The van der Waals surface area contributed by atoms with E-state index in [1.807, 2.05) is 20.1 Å². The van der Waals surface area contributed by atoms with Crippen LogP contribution < -0.4 is 5.32 Å². The fourth-order valence-corrected chi connectivity index (χ4v) is 1.87. The van der Waals surface area contributed by atoms with Gasteiger partial charge in [-0.25, -0.2) is 9.59 Å². The summed E-state index contributed by atoms with van der Waals surface area (Å²) in [7, 11) is 0. The Morgan fingerprint density at radius 1 is 1.10 bits per heavy atom. The molecule has 0 aromatic rings. The molecular formula is C14H27NO4S. The Hall–Kier alpha value is -0.910. The van der Waals surface area contributed by atoms with E-state index < -0.39 is 12.1 Å². The number of alkyl carbamates (subject to hydrolysis) is 1. The molecule has 1 unspecified atom stereocenters. The summed E-state index contributed by atoms with van der Waals surface area (Å²) in [4.78, 5) is 23.5. The van der Waals surface area contributed by atoms with Crippen LogP contribution in [0.1, 0.15) is 46.0 Å². The van der Waals surface area contributed by atoms with Crippen molar-refractivity contribution >= 4 is 23.8 Å². The van der Waals surface area contributed by atoms with Crippen molar-refractivity contribution in [3.05, 3.63) is 0 Å². The van der Waals surface area contributed by atoms with E-state index in [-0.39, 0.29) is 5.97 Å². The summed E-state index contributed by atoms with van der Waals surface area (Å²) in [5.74, 6) is 0.405. The van der Waals surface area contributed by atoms with Crippen molar-refractivity contribution in [3.63, 3.8) is 0 Å². The second-order valence-electron chi connectivity index (χ2n) is 4.49. The van der Waals surface area contributed by atoms with Crippen LogP contribution in [0.25, 0.3) is 0 Å². The molecule has 0 aliphatic carbocycles. The van der Waals surface area contributed by atoms with E-state index >= 15 is 0 Å². The molecule has 0 aliphatic heterocycles. The number of hydrogen-bond acceptors (Lipinski definition) is 5. The fraction of sp³-hybridized carbons (Fsp3) is 0.857. The standard InChI is InChI=1S/C14H27NO4S/c1-4-6-9-18-13(16)12(8-11-20-3)15-14(17)19-10-7-5-2/h12H,4-11H2,1-3H3,(H,15,17). The Morgan fingerprint density at radius 3 is 2.25 bits per heavy atom. The lowest BCUT2D eigenvalue weighted by molar-refractivity contribution is -0.146. The number of carbonyl (C=O) groups excluding carboxylic acids is 2. The molecule has 0 aromatic heterocycles. The molecule has 0 aliphatic rings. The molecule has 5 nitrogen and oxygen atoms in total. The maximum atomic E-state index is 11.9. The SMILES string of the molecule is CCCCOC(=O)NC(CCSC)C(=O)OCCCC.